The summed E-state index contributed by atoms with van der Waals surface area (Å²) in [6, 6.07) is 9.31. The highest BCUT2D eigenvalue weighted by atomic mass is 32.2. The van der Waals surface area contributed by atoms with Crippen LogP contribution in [0, 0.1) is 17.3 Å². The van der Waals surface area contributed by atoms with Gasteiger partial charge in [0.1, 0.15) is 17.3 Å². The molecule has 6 rings (SSSR count). The molecule has 0 spiro atoms. The van der Waals surface area contributed by atoms with Gasteiger partial charge in [0.15, 0.2) is 0 Å². The Morgan fingerprint density at radius 2 is 1.97 bits per heavy atom. The number of rotatable bonds is 2. The van der Waals surface area contributed by atoms with E-state index in [1.165, 1.54) is 11.1 Å². The summed E-state index contributed by atoms with van der Waals surface area (Å²) in [5.41, 5.74) is 3.51. The first-order valence-corrected chi connectivity index (χ1v) is 12.1. The van der Waals surface area contributed by atoms with Crippen LogP contribution in [0.25, 0.3) is 10.9 Å². The van der Waals surface area contributed by atoms with Crippen LogP contribution in [-0.4, -0.2) is 21.0 Å². The van der Waals surface area contributed by atoms with E-state index < -0.39 is 0 Å². The third-order valence-corrected chi connectivity index (χ3v) is 9.61. The van der Waals surface area contributed by atoms with Crippen LogP contribution in [-0.2, 0) is 11.2 Å². The first-order valence-electron chi connectivity index (χ1n) is 11.3. The lowest BCUT2D eigenvalue weighted by Gasteiger charge is -2.48. The Morgan fingerprint density at radius 3 is 2.84 bits per heavy atom. The van der Waals surface area contributed by atoms with E-state index >= 15 is 0 Å². The molecule has 0 radical (unpaired) electrons. The average molecular weight is 434 g/mol. The van der Waals surface area contributed by atoms with Crippen molar-refractivity contribution in [3.8, 4) is 11.5 Å². The number of fused-ring (bicyclic) bond motifs is 6. The number of aromatic nitrogens is 1. The van der Waals surface area contributed by atoms with Crippen LogP contribution in [0.2, 0.25) is 0 Å². The molecule has 0 aliphatic heterocycles. The molecule has 1 heterocycles. The van der Waals surface area contributed by atoms with Crippen molar-refractivity contribution in [2.24, 2.45) is 17.3 Å². The largest absolute Gasteiger partial charge is 0.508 e. The number of carbonyl (C=O) groups excluding carboxylic acids is 1. The molecule has 0 bridgehead atoms. The summed E-state index contributed by atoms with van der Waals surface area (Å²) in [4.78, 5) is 17.8. The standard InChI is InChI=1S/C26H27NO3S/c1-26-11-10-16-15-5-8-22(29)25(18(15)4-3-17(16)20(26)6-9-24(26)30)31-23-13-27-21-7-2-14(28)12-19(21)23/h2,5,7-8,12-13,16-17,20,27-29H,3-4,6,9-11H2,1H3/t16-,17-,20+,26+/m1/s1. The highest BCUT2D eigenvalue weighted by Crippen LogP contribution is 2.60. The van der Waals surface area contributed by atoms with Gasteiger partial charge < -0.3 is 15.2 Å². The zero-order valence-electron chi connectivity index (χ0n) is 17.6. The van der Waals surface area contributed by atoms with Crippen molar-refractivity contribution in [1.29, 1.82) is 0 Å². The zero-order valence-corrected chi connectivity index (χ0v) is 18.5. The second-order valence-corrected chi connectivity index (χ2v) is 10.9. The van der Waals surface area contributed by atoms with E-state index in [-0.39, 0.29) is 11.2 Å². The first kappa shape index (κ1) is 19.3. The summed E-state index contributed by atoms with van der Waals surface area (Å²) < 4.78 is 0. The lowest BCUT2D eigenvalue weighted by Crippen LogP contribution is -2.42. The molecule has 1 aromatic heterocycles. The molecule has 3 aromatic rings. The minimum atomic E-state index is -0.112. The van der Waals surface area contributed by atoms with Gasteiger partial charge in [-0.05, 0) is 85.3 Å². The molecule has 4 atom stereocenters. The zero-order chi connectivity index (χ0) is 21.3. The number of nitrogens with one attached hydrogen (secondary N) is 1. The highest BCUT2D eigenvalue weighted by molar-refractivity contribution is 7.99. The molecule has 2 aromatic carbocycles. The molecule has 0 saturated heterocycles. The average Bonchev–Trinajstić information content (AvgIpc) is 3.29. The first-order chi connectivity index (χ1) is 15.0. The summed E-state index contributed by atoms with van der Waals surface area (Å²) in [7, 11) is 0. The second-order valence-electron chi connectivity index (χ2n) is 9.80. The molecule has 3 aliphatic rings. The number of benzene rings is 2. The van der Waals surface area contributed by atoms with E-state index in [9.17, 15) is 15.0 Å². The summed E-state index contributed by atoms with van der Waals surface area (Å²) >= 11 is 1.59. The molecule has 4 nitrogen and oxygen atoms in total. The van der Waals surface area contributed by atoms with E-state index in [4.69, 9.17) is 0 Å². The Hall–Kier alpha value is -2.40. The fraction of sp³-hybridized carbons (Fsp3) is 0.423. The second kappa shape index (κ2) is 6.80. The summed E-state index contributed by atoms with van der Waals surface area (Å²) in [6.45, 7) is 2.21. The van der Waals surface area contributed by atoms with Crippen LogP contribution >= 0.6 is 11.8 Å². The number of Topliss-reactive ketones (excluding diaryl/α,β-unsaturated/α-hetero) is 1. The van der Waals surface area contributed by atoms with E-state index in [1.807, 2.05) is 18.3 Å². The number of aromatic hydroxyl groups is 2. The van der Waals surface area contributed by atoms with Gasteiger partial charge >= 0.3 is 0 Å². The van der Waals surface area contributed by atoms with Crippen LogP contribution in [0.5, 0.6) is 11.5 Å². The number of hydrogen-bond donors (Lipinski definition) is 3. The van der Waals surface area contributed by atoms with Crippen molar-refractivity contribution in [2.75, 3.05) is 0 Å². The number of carbonyl (C=O) groups is 1. The summed E-state index contributed by atoms with van der Waals surface area (Å²) in [5.74, 6) is 2.62. The number of phenols is 2. The van der Waals surface area contributed by atoms with Gasteiger partial charge in [-0.1, -0.05) is 24.8 Å². The molecule has 2 fully saturated rings. The van der Waals surface area contributed by atoms with Crippen molar-refractivity contribution in [3.63, 3.8) is 0 Å². The van der Waals surface area contributed by atoms with Crippen LogP contribution < -0.4 is 0 Å². The third kappa shape index (κ3) is 2.78. The van der Waals surface area contributed by atoms with Crippen molar-refractivity contribution < 1.29 is 15.0 Å². The number of H-pyrrole nitrogens is 1. The summed E-state index contributed by atoms with van der Waals surface area (Å²) in [6.07, 6.45) is 7.84. The molecule has 160 valence electrons. The Balaban J connectivity index is 1.39. The predicted octanol–water partition coefficient (Wildman–Crippen LogP) is 6.16. The summed E-state index contributed by atoms with van der Waals surface area (Å²) in [5, 5.41) is 21.7. The number of ketones is 1. The minimum absolute atomic E-state index is 0.112. The quantitative estimate of drug-likeness (QED) is 0.453. The fourth-order valence-electron chi connectivity index (χ4n) is 6.79. The van der Waals surface area contributed by atoms with Gasteiger partial charge in [0.25, 0.3) is 0 Å². The smallest absolute Gasteiger partial charge is 0.139 e. The minimum Gasteiger partial charge on any atom is -0.508 e. The SMILES string of the molecule is C[C@]12CC[C@@H]3c4ccc(O)c(Sc5c[nH]c6ccc(O)cc56)c4CC[C@H]3[C@@H]1CCC2=O. The van der Waals surface area contributed by atoms with E-state index in [0.29, 0.717) is 29.3 Å². The van der Waals surface area contributed by atoms with E-state index in [1.54, 1.807) is 23.9 Å². The van der Waals surface area contributed by atoms with Crippen LogP contribution in [0.4, 0.5) is 0 Å². The van der Waals surface area contributed by atoms with Crippen LogP contribution in [0.3, 0.4) is 0 Å². The van der Waals surface area contributed by atoms with Gasteiger partial charge in [-0.25, -0.2) is 0 Å². The van der Waals surface area contributed by atoms with Crippen molar-refractivity contribution >= 4 is 28.4 Å². The molecule has 0 unspecified atom stereocenters. The van der Waals surface area contributed by atoms with Crippen molar-refractivity contribution in [3.05, 3.63) is 47.7 Å². The number of hydrogen-bond acceptors (Lipinski definition) is 4. The topological polar surface area (TPSA) is 73.3 Å². The Bertz CT molecular complexity index is 1210. The maximum atomic E-state index is 12.6. The lowest BCUT2D eigenvalue weighted by atomic mass is 9.55. The van der Waals surface area contributed by atoms with Gasteiger partial charge in [-0.2, -0.15) is 0 Å². The Morgan fingerprint density at radius 1 is 1.10 bits per heavy atom. The Kier molecular flexibility index (Phi) is 4.23. The molecular formula is C26H27NO3S. The number of phenolic OH excluding ortho intramolecular Hbond substituents is 2. The number of aromatic amines is 1. The predicted molar refractivity (Wildman–Crippen MR) is 122 cm³/mol. The monoisotopic (exact) mass is 433 g/mol. The van der Waals surface area contributed by atoms with Gasteiger partial charge in [0.2, 0.25) is 0 Å². The molecule has 3 aliphatic carbocycles. The van der Waals surface area contributed by atoms with Gasteiger partial charge in [-0.3, -0.25) is 4.79 Å². The molecule has 5 heteroatoms. The normalized spacial score (nSPS) is 29.6. The highest BCUT2D eigenvalue weighted by Gasteiger charge is 2.54. The van der Waals surface area contributed by atoms with Gasteiger partial charge in [0.05, 0.1) is 4.90 Å². The van der Waals surface area contributed by atoms with Crippen molar-refractivity contribution in [2.45, 2.75) is 61.2 Å². The Labute approximate surface area is 186 Å². The van der Waals surface area contributed by atoms with Crippen LogP contribution in [0.15, 0.2) is 46.3 Å². The molecule has 2 saturated carbocycles. The molecular weight excluding hydrogens is 406 g/mol. The molecule has 3 N–H and O–H groups in total. The maximum Gasteiger partial charge on any atom is 0.139 e. The van der Waals surface area contributed by atoms with E-state index in [0.717, 1.165) is 59.2 Å². The maximum absolute atomic E-state index is 12.6. The molecule has 31 heavy (non-hydrogen) atoms. The van der Waals surface area contributed by atoms with Gasteiger partial charge in [0, 0.05) is 33.8 Å². The van der Waals surface area contributed by atoms with Gasteiger partial charge in [-0.15, -0.1) is 0 Å². The third-order valence-electron chi connectivity index (χ3n) is 8.39. The van der Waals surface area contributed by atoms with Crippen LogP contribution in [0.1, 0.15) is 56.1 Å². The lowest BCUT2D eigenvalue weighted by molar-refractivity contribution is -0.129. The van der Waals surface area contributed by atoms with Crippen molar-refractivity contribution in [1.82, 2.24) is 4.98 Å². The fourth-order valence-corrected chi connectivity index (χ4v) is 7.92. The van der Waals surface area contributed by atoms with E-state index in [2.05, 4.69) is 18.0 Å². The molecule has 0 amide bonds.